The lowest BCUT2D eigenvalue weighted by Crippen LogP contribution is -2.21. The third kappa shape index (κ3) is 2.94. The van der Waals surface area contributed by atoms with Crippen molar-refractivity contribution in [3.05, 3.63) is 71.4 Å². The second kappa shape index (κ2) is 6.15. The molecule has 0 saturated carbocycles. The number of rotatable bonds is 4. The Morgan fingerprint density at radius 1 is 1.12 bits per heavy atom. The highest BCUT2D eigenvalue weighted by atomic mass is 35.5. The van der Waals surface area contributed by atoms with Crippen LogP contribution < -0.4 is 5.32 Å². The molecule has 5 heteroatoms. The lowest BCUT2D eigenvalue weighted by molar-refractivity contribution is 0.204. The molecular formula is C19H16ClN3O. The van der Waals surface area contributed by atoms with Gasteiger partial charge in [-0.1, -0.05) is 29.8 Å². The number of H-pyrrole nitrogens is 1. The van der Waals surface area contributed by atoms with Crippen molar-refractivity contribution in [3.8, 4) is 0 Å². The average molecular weight is 338 g/mol. The van der Waals surface area contributed by atoms with E-state index in [1.165, 1.54) is 0 Å². The number of aromatic amines is 1. The van der Waals surface area contributed by atoms with E-state index in [1.54, 1.807) is 0 Å². The molecule has 24 heavy (non-hydrogen) atoms. The van der Waals surface area contributed by atoms with Crippen LogP contribution in [0.5, 0.6) is 0 Å². The summed E-state index contributed by atoms with van der Waals surface area (Å²) in [6, 6.07) is 17.4. The summed E-state index contributed by atoms with van der Waals surface area (Å²) in [6.45, 7) is 0. The Kier molecular flexibility index (Phi) is 3.84. The highest BCUT2D eigenvalue weighted by Gasteiger charge is 2.11. The molecule has 4 aromatic rings. The standard InChI is InChI=1S/C19H16ClN3O/c20-14-6-7-17-15(10-14)13(11-21-17)9-19(24)23-18-8-5-12-3-1-2-4-16(12)22-18/h1-8,10-11,19,21,24H,9H2,(H,22,23). The van der Waals surface area contributed by atoms with Crippen LogP contribution in [0.25, 0.3) is 21.8 Å². The quantitative estimate of drug-likeness (QED) is 0.485. The summed E-state index contributed by atoms with van der Waals surface area (Å²) in [7, 11) is 0. The van der Waals surface area contributed by atoms with E-state index in [0.717, 1.165) is 27.4 Å². The molecule has 120 valence electrons. The number of benzene rings is 2. The van der Waals surface area contributed by atoms with E-state index < -0.39 is 6.23 Å². The van der Waals surface area contributed by atoms with Gasteiger partial charge in [-0.25, -0.2) is 4.98 Å². The van der Waals surface area contributed by atoms with Crippen molar-refractivity contribution in [1.82, 2.24) is 9.97 Å². The van der Waals surface area contributed by atoms with E-state index in [1.807, 2.05) is 60.8 Å². The molecule has 4 rings (SSSR count). The maximum Gasteiger partial charge on any atom is 0.129 e. The molecule has 2 aromatic carbocycles. The van der Waals surface area contributed by atoms with Crippen molar-refractivity contribution in [2.45, 2.75) is 12.6 Å². The first-order valence-electron chi connectivity index (χ1n) is 7.75. The number of pyridine rings is 1. The van der Waals surface area contributed by atoms with Crippen LogP contribution in [0.1, 0.15) is 5.56 Å². The molecule has 4 nitrogen and oxygen atoms in total. The second-order valence-corrected chi connectivity index (χ2v) is 6.19. The fourth-order valence-electron chi connectivity index (χ4n) is 2.90. The number of para-hydroxylation sites is 1. The topological polar surface area (TPSA) is 60.9 Å². The SMILES string of the molecule is OC(Cc1c[nH]c2ccc(Cl)cc12)Nc1ccc2ccccc2n1. The number of nitrogens with zero attached hydrogens (tertiary/aromatic N) is 1. The first kappa shape index (κ1) is 15.0. The normalized spacial score (nSPS) is 12.6. The molecule has 0 spiro atoms. The van der Waals surface area contributed by atoms with Gasteiger partial charge in [0.15, 0.2) is 0 Å². The number of fused-ring (bicyclic) bond motifs is 2. The molecule has 2 aromatic heterocycles. The van der Waals surface area contributed by atoms with Gasteiger partial charge in [-0.3, -0.25) is 0 Å². The lowest BCUT2D eigenvalue weighted by atomic mass is 10.1. The largest absolute Gasteiger partial charge is 0.373 e. The summed E-state index contributed by atoms with van der Waals surface area (Å²) in [5.74, 6) is 0.652. The van der Waals surface area contributed by atoms with Gasteiger partial charge >= 0.3 is 0 Å². The molecule has 0 aliphatic carbocycles. The van der Waals surface area contributed by atoms with Crippen LogP contribution >= 0.6 is 11.6 Å². The Morgan fingerprint density at radius 2 is 2.00 bits per heavy atom. The van der Waals surface area contributed by atoms with Crippen molar-refractivity contribution in [2.75, 3.05) is 5.32 Å². The van der Waals surface area contributed by atoms with Crippen molar-refractivity contribution in [2.24, 2.45) is 0 Å². The Morgan fingerprint density at radius 3 is 2.92 bits per heavy atom. The number of hydrogen-bond donors (Lipinski definition) is 3. The smallest absolute Gasteiger partial charge is 0.129 e. The lowest BCUT2D eigenvalue weighted by Gasteiger charge is -2.13. The predicted molar refractivity (Wildman–Crippen MR) is 98.4 cm³/mol. The number of nitrogens with one attached hydrogen (secondary N) is 2. The molecular weight excluding hydrogens is 322 g/mol. The van der Waals surface area contributed by atoms with Gasteiger partial charge in [-0.15, -0.1) is 0 Å². The Balaban J connectivity index is 1.54. The summed E-state index contributed by atoms with van der Waals surface area (Å²) in [4.78, 5) is 7.72. The van der Waals surface area contributed by atoms with E-state index in [9.17, 15) is 5.11 Å². The zero-order valence-electron chi connectivity index (χ0n) is 12.8. The first-order valence-corrected chi connectivity index (χ1v) is 8.13. The molecule has 0 aliphatic heterocycles. The minimum absolute atomic E-state index is 0.453. The van der Waals surface area contributed by atoms with Gasteiger partial charge in [0, 0.05) is 33.9 Å². The third-order valence-corrected chi connectivity index (χ3v) is 4.29. The number of aliphatic hydroxyl groups is 1. The predicted octanol–water partition coefficient (Wildman–Crippen LogP) is 4.34. The van der Waals surface area contributed by atoms with Gasteiger partial charge in [0.05, 0.1) is 5.52 Å². The molecule has 0 fully saturated rings. The fraction of sp³-hybridized carbons (Fsp3) is 0.105. The van der Waals surface area contributed by atoms with E-state index in [-0.39, 0.29) is 0 Å². The van der Waals surface area contributed by atoms with E-state index in [0.29, 0.717) is 17.3 Å². The molecule has 0 amide bonds. The van der Waals surface area contributed by atoms with Crippen LogP contribution in [0.2, 0.25) is 5.02 Å². The van der Waals surface area contributed by atoms with Gasteiger partial charge in [0.25, 0.3) is 0 Å². The number of halogens is 1. The average Bonchev–Trinajstić information content (AvgIpc) is 2.97. The molecule has 0 aliphatic rings. The maximum absolute atomic E-state index is 10.4. The third-order valence-electron chi connectivity index (χ3n) is 4.06. The summed E-state index contributed by atoms with van der Waals surface area (Å²) in [5, 5.41) is 16.2. The van der Waals surface area contributed by atoms with Gasteiger partial charge in [0.2, 0.25) is 0 Å². The molecule has 0 bridgehead atoms. The molecule has 1 unspecified atom stereocenters. The first-order chi connectivity index (χ1) is 11.7. The van der Waals surface area contributed by atoms with E-state index >= 15 is 0 Å². The summed E-state index contributed by atoms with van der Waals surface area (Å²) in [5.41, 5.74) is 2.91. The Labute approximate surface area is 144 Å². The van der Waals surface area contributed by atoms with Crippen LogP contribution in [0.4, 0.5) is 5.82 Å². The molecule has 0 radical (unpaired) electrons. The minimum Gasteiger partial charge on any atom is -0.373 e. The fourth-order valence-corrected chi connectivity index (χ4v) is 3.07. The summed E-state index contributed by atoms with van der Waals surface area (Å²) < 4.78 is 0. The van der Waals surface area contributed by atoms with Gasteiger partial charge in [0.1, 0.15) is 12.0 Å². The zero-order chi connectivity index (χ0) is 16.5. The highest BCUT2D eigenvalue weighted by Crippen LogP contribution is 2.24. The monoisotopic (exact) mass is 337 g/mol. The molecule has 1 atom stereocenters. The van der Waals surface area contributed by atoms with Crippen LogP contribution in [-0.2, 0) is 6.42 Å². The van der Waals surface area contributed by atoms with Crippen molar-refractivity contribution >= 4 is 39.2 Å². The van der Waals surface area contributed by atoms with Crippen LogP contribution in [0, 0.1) is 0 Å². The zero-order valence-corrected chi connectivity index (χ0v) is 13.6. The molecule has 3 N–H and O–H groups in total. The number of anilines is 1. The van der Waals surface area contributed by atoms with E-state index in [2.05, 4.69) is 15.3 Å². The second-order valence-electron chi connectivity index (χ2n) is 5.76. The maximum atomic E-state index is 10.4. The van der Waals surface area contributed by atoms with Gasteiger partial charge < -0.3 is 15.4 Å². The number of aliphatic hydroxyl groups excluding tert-OH is 1. The highest BCUT2D eigenvalue weighted by molar-refractivity contribution is 6.31. The Bertz CT molecular complexity index is 1010. The van der Waals surface area contributed by atoms with Crippen molar-refractivity contribution < 1.29 is 5.11 Å². The van der Waals surface area contributed by atoms with Crippen molar-refractivity contribution in [3.63, 3.8) is 0 Å². The van der Waals surface area contributed by atoms with Crippen LogP contribution in [0.15, 0.2) is 60.8 Å². The Hall–Kier alpha value is -2.56. The summed E-state index contributed by atoms with van der Waals surface area (Å²) in [6.07, 6.45) is 1.62. The van der Waals surface area contributed by atoms with Crippen LogP contribution in [0.3, 0.4) is 0 Å². The number of aromatic nitrogens is 2. The van der Waals surface area contributed by atoms with Gasteiger partial charge in [-0.2, -0.15) is 0 Å². The molecule has 2 heterocycles. The summed E-state index contributed by atoms with van der Waals surface area (Å²) >= 11 is 6.07. The van der Waals surface area contributed by atoms with E-state index in [4.69, 9.17) is 11.6 Å². The van der Waals surface area contributed by atoms with Crippen molar-refractivity contribution in [1.29, 1.82) is 0 Å². The molecule has 0 saturated heterocycles. The van der Waals surface area contributed by atoms with Gasteiger partial charge in [-0.05, 0) is 42.0 Å². The number of hydrogen-bond acceptors (Lipinski definition) is 3. The minimum atomic E-state index is -0.739. The van der Waals surface area contributed by atoms with Crippen LogP contribution in [-0.4, -0.2) is 21.3 Å².